The van der Waals surface area contributed by atoms with Crippen molar-refractivity contribution in [1.29, 1.82) is 0 Å². The molecule has 0 amide bonds. The molecule has 2 N–H and O–H groups in total. The highest BCUT2D eigenvalue weighted by molar-refractivity contribution is 8.77. The van der Waals surface area contributed by atoms with Gasteiger partial charge in [-0.05, 0) is 0 Å². The molecule has 0 radical (unpaired) electrons. The van der Waals surface area contributed by atoms with Gasteiger partial charge in [-0.3, -0.25) is 4.79 Å². The van der Waals surface area contributed by atoms with Gasteiger partial charge in [-0.25, -0.2) is 0 Å². The van der Waals surface area contributed by atoms with E-state index < -0.39 is 6.04 Å². The molecule has 1 atom stereocenters. The van der Waals surface area contributed by atoms with Gasteiger partial charge in [0.25, 0.3) is 0 Å². The molecular formula is C8H17NO2S2. The Balaban J connectivity index is 3.59. The van der Waals surface area contributed by atoms with Crippen LogP contribution in [-0.2, 0) is 9.53 Å². The molecule has 3 nitrogen and oxygen atoms in total. The minimum Gasteiger partial charge on any atom is -0.468 e. The zero-order valence-corrected chi connectivity index (χ0v) is 10.1. The first-order valence-electron chi connectivity index (χ1n) is 4.01. The molecule has 5 heteroatoms. The van der Waals surface area contributed by atoms with E-state index in [1.54, 1.807) is 21.6 Å². The zero-order chi connectivity index (χ0) is 10.5. The summed E-state index contributed by atoms with van der Waals surface area (Å²) in [5.74, 6) is 0.247. The van der Waals surface area contributed by atoms with Gasteiger partial charge in [-0.15, -0.1) is 0 Å². The number of ether oxygens (including phenoxy) is 1. The molecule has 0 heterocycles. The van der Waals surface area contributed by atoms with Crippen molar-refractivity contribution in [3.63, 3.8) is 0 Å². The highest BCUT2D eigenvalue weighted by Crippen LogP contribution is 2.35. The Morgan fingerprint density at radius 1 is 1.54 bits per heavy atom. The first-order valence-corrected chi connectivity index (χ1v) is 6.33. The van der Waals surface area contributed by atoms with Gasteiger partial charge in [0, 0.05) is 10.5 Å². The number of nitrogens with two attached hydrogens (primary N) is 1. The van der Waals surface area contributed by atoms with Crippen LogP contribution in [0.4, 0.5) is 0 Å². The van der Waals surface area contributed by atoms with E-state index in [0.29, 0.717) is 5.75 Å². The second kappa shape index (κ2) is 5.78. The second-order valence-corrected chi connectivity index (χ2v) is 6.78. The number of methoxy groups -OCH3 is 1. The van der Waals surface area contributed by atoms with Gasteiger partial charge in [0.05, 0.1) is 7.11 Å². The highest BCUT2D eigenvalue weighted by Gasteiger charge is 2.16. The Bertz CT molecular complexity index is 168. The van der Waals surface area contributed by atoms with Crippen LogP contribution in [0.3, 0.4) is 0 Å². The summed E-state index contributed by atoms with van der Waals surface area (Å²) in [6, 6.07) is -0.509. The van der Waals surface area contributed by atoms with Crippen LogP contribution in [-0.4, -0.2) is 29.6 Å². The smallest absolute Gasteiger partial charge is 0.323 e. The standard InChI is InChI=1S/C8H17NO2S2/c1-8(2,3)13-12-5-6(9)7(10)11-4/h6H,5,9H2,1-4H3. The molecule has 0 rings (SSSR count). The Kier molecular flexibility index (Phi) is 5.83. The summed E-state index contributed by atoms with van der Waals surface area (Å²) >= 11 is 0. The Hall–Kier alpha value is 0.130. The van der Waals surface area contributed by atoms with Gasteiger partial charge >= 0.3 is 5.97 Å². The zero-order valence-electron chi connectivity index (χ0n) is 8.49. The van der Waals surface area contributed by atoms with E-state index in [1.165, 1.54) is 7.11 Å². The molecule has 0 saturated heterocycles. The minimum absolute atomic E-state index is 0.195. The summed E-state index contributed by atoms with van der Waals surface area (Å²) in [7, 11) is 4.67. The van der Waals surface area contributed by atoms with Crippen molar-refractivity contribution in [3.05, 3.63) is 0 Å². The lowest BCUT2D eigenvalue weighted by Gasteiger charge is -2.17. The lowest BCUT2D eigenvalue weighted by Crippen LogP contribution is -2.33. The summed E-state index contributed by atoms with van der Waals surface area (Å²) in [6.07, 6.45) is 0. The van der Waals surface area contributed by atoms with Crippen molar-refractivity contribution in [1.82, 2.24) is 0 Å². The molecule has 78 valence electrons. The van der Waals surface area contributed by atoms with Crippen LogP contribution < -0.4 is 5.73 Å². The molecule has 0 aromatic heterocycles. The normalized spacial score (nSPS) is 13.9. The number of carbonyl (C=O) groups excluding carboxylic acids is 1. The van der Waals surface area contributed by atoms with E-state index in [9.17, 15) is 4.79 Å². The van der Waals surface area contributed by atoms with E-state index in [2.05, 4.69) is 25.5 Å². The Morgan fingerprint density at radius 3 is 2.46 bits per heavy atom. The first-order chi connectivity index (χ1) is 5.87. The van der Waals surface area contributed by atoms with Crippen LogP contribution in [0.5, 0.6) is 0 Å². The third kappa shape index (κ3) is 7.22. The van der Waals surface area contributed by atoms with Crippen molar-refractivity contribution in [3.8, 4) is 0 Å². The van der Waals surface area contributed by atoms with E-state index in [-0.39, 0.29) is 10.7 Å². The monoisotopic (exact) mass is 223 g/mol. The lowest BCUT2D eigenvalue weighted by molar-refractivity contribution is -0.141. The Labute approximate surface area is 87.6 Å². The summed E-state index contributed by atoms with van der Waals surface area (Å²) in [6.45, 7) is 6.36. The third-order valence-electron chi connectivity index (χ3n) is 1.06. The van der Waals surface area contributed by atoms with E-state index in [0.717, 1.165) is 0 Å². The van der Waals surface area contributed by atoms with Crippen LogP contribution in [0.15, 0.2) is 0 Å². The predicted molar refractivity (Wildman–Crippen MR) is 59.8 cm³/mol. The maximum atomic E-state index is 10.9. The largest absolute Gasteiger partial charge is 0.468 e. The predicted octanol–water partition coefficient (Wildman–Crippen LogP) is 1.67. The van der Waals surface area contributed by atoms with Gasteiger partial charge in [0.15, 0.2) is 0 Å². The van der Waals surface area contributed by atoms with Crippen molar-refractivity contribution in [2.24, 2.45) is 5.73 Å². The van der Waals surface area contributed by atoms with Gasteiger partial charge < -0.3 is 10.5 Å². The highest BCUT2D eigenvalue weighted by atomic mass is 33.1. The molecule has 0 bridgehead atoms. The van der Waals surface area contributed by atoms with Crippen LogP contribution in [0.25, 0.3) is 0 Å². The maximum Gasteiger partial charge on any atom is 0.323 e. The Morgan fingerprint density at radius 2 is 2.08 bits per heavy atom. The first kappa shape index (κ1) is 13.1. The van der Waals surface area contributed by atoms with E-state index in [1.807, 2.05) is 0 Å². The molecule has 0 aromatic rings. The van der Waals surface area contributed by atoms with E-state index >= 15 is 0 Å². The summed E-state index contributed by atoms with van der Waals surface area (Å²) < 4.78 is 4.70. The van der Waals surface area contributed by atoms with Crippen LogP contribution in [0.2, 0.25) is 0 Å². The molecule has 0 saturated carbocycles. The van der Waals surface area contributed by atoms with Crippen LogP contribution in [0, 0.1) is 0 Å². The number of esters is 1. The van der Waals surface area contributed by atoms with Crippen molar-refractivity contribution in [2.75, 3.05) is 12.9 Å². The van der Waals surface area contributed by atoms with Gasteiger partial charge in [0.1, 0.15) is 6.04 Å². The molecule has 0 aromatic carbocycles. The number of carbonyl (C=O) groups is 1. The number of hydrogen-bond donors (Lipinski definition) is 1. The quantitative estimate of drug-likeness (QED) is 0.580. The van der Waals surface area contributed by atoms with Crippen LogP contribution >= 0.6 is 21.6 Å². The van der Waals surface area contributed by atoms with Crippen molar-refractivity contribution < 1.29 is 9.53 Å². The molecule has 1 unspecified atom stereocenters. The van der Waals surface area contributed by atoms with Gasteiger partial charge in [-0.2, -0.15) is 0 Å². The van der Waals surface area contributed by atoms with Crippen molar-refractivity contribution >= 4 is 27.6 Å². The molecule has 13 heavy (non-hydrogen) atoms. The van der Waals surface area contributed by atoms with Gasteiger partial charge in [0.2, 0.25) is 0 Å². The van der Waals surface area contributed by atoms with Gasteiger partial charge in [-0.1, -0.05) is 42.4 Å². The van der Waals surface area contributed by atoms with E-state index in [4.69, 9.17) is 5.73 Å². The summed E-state index contributed by atoms with van der Waals surface area (Å²) in [5.41, 5.74) is 5.55. The van der Waals surface area contributed by atoms with Crippen LogP contribution in [0.1, 0.15) is 20.8 Å². The minimum atomic E-state index is -0.509. The second-order valence-electron chi connectivity index (χ2n) is 3.61. The topological polar surface area (TPSA) is 52.3 Å². The average Bonchev–Trinajstić information content (AvgIpc) is 2.00. The molecule has 0 aliphatic heterocycles. The molecule has 0 aliphatic carbocycles. The molecule has 0 spiro atoms. The SMILES string of the molecule is COC(=O)C(N)CSSC(C)(C)C. The fourth-order valence-electron chi connectivity index (χ4n) is 0.504. The molecule has 0 fully saturated rings. The fraction of sp³-hybridized carbons (Fsp3) is 0.875. The average molecular weight is 223 g/mol. The summed E-state index contributed by atoms with van der Waals surface area (Å²) in [4.78, 5) is 10.9. The molecular weight excluding hydrogens is 206 g/mol. The third-order valence-corrected chi connectivity index (χ3v) is 4.44. The molecule has 0 aliphatic rings. The number of rotatable bonds is 4. The fourth-order valence-corrected chi connectivity index (χ4v) is 2.91. The lowest BCUT2D eigenvalue weighted by atomic mass is 10.3. The summed E-state index contributed by atoms with van der Waals surface area (Å²) in [5, 5.41) is 0. The number of hydrogen-bond acceptors (Lipinski definition) is 5. The maximum absolute atomic E-state index is 10.9. The van der Waals surface area contributed by atoms with Crippen molar-refractivity contribution in [2.45, 2.75) is 31.6 Å².